The SMILES string of the molecule is COc1cc2c(-c3cc(OC)c(OC)c(OC)c3)nccc2cc1OP(=O)(O)O. The highest BCUT2D eigenvalue weighted by Crippen LogP contribution is 2.46. The summed E-state index contributed by atoms with van der Waals surface area (Å²) in [5, 5.41) is 1.32. The molecule has 2 N–H and O–H groups in total. The molecule has 0 fully saturated rings. The molecule has 0 amide bonds. The summed E-state index contributed by atoms with van der Waals surface area (Å²) < 4.78 is 37.4. The standard InChI is InChI=1S/C19H20NO8P/c1-24-14-10-13-11(7-15(14)28-29(21,22)23)5-6-20-18(13)12-8-16(25-2)19(27-4)17(9-12)26-3/h5-10H,1-4H3,(H2,21,22,23). The largest absolute Gasteiger partial charge is 0.524 e. The number of benzene rings is 2. The van der Waals surface area contributed by atoms with Gasteiger partial charge < -0.3 is 23.5 Å². The van der Waals surface area contributed by atoms with E-state index in [1.165, 1.54) is 34.5 Å². The lowest BCUT2D eigenvalue weighted by atomic mass is 10.0. The Morgan fingerprint density at radius 3 is 1.97 bits per heavy atom. The molecule has 0 atom stereocenters. The summed E-state index contributed by atoms with van der Waals surface area (Å²) in [5.41, 5.74) is 1.28. The van der Waals surface area contributed by atoms with Gasteiger partial charge in [0.05, 0.1) is 34.1 Å². The van der Waals surface area contributed by atoms with Gasteiger partial charge in [-0.25, -0.2) is 4.57 Å². The number of rotatable bonds is 7. The molecule has 0 spiro atoms. The Hall–Kier alpha value is -3.00. The van der Waals surface area contributed by atoms with E-state index in [1.54, 1.807) is 30.5 Å². The Balaban J connectivity index is 2.25. The number of hydrogen-bond acceptors (Lipinski definition) is 7. The maximum absolute atomic E-state index is 11.3. The van der Waals surface area contributed by atoms with Crippen molar-refractivity contribution in [2.75, 3.05) is 28.4 Å². The van der Waals surface area contributed by atoms with Gasteiger partial charge in [-0.05, 0) is 35.7 Å². The number of hydrogen-bond donors (Lipinski definition) is 2. The van der Waals surface area contributed by atoms with E-state index in [0.717, 1.165) is 0 Å². The molecule has 0 aliphatic rings. The topological polar surface area (TPSA) is 117 Å². The second-order valence-corrected chi connectivity index (χ2v) is 7.04. The summed E-state index contributed by atoms with van der Waals surface area (Å²) in [6.07, 6.45) is 1.58. The van der Waals surface area contributed by atoms with Gasteiger partial charge in [0.25, 0.3) is 0 Å². The Morgan fingerprint density at radius 2 is 1.45 bits per heavy atom. The molecule has 29 heavy (non-hydrogen) atoms. The molecule has 154 valence electrons. The lowest BCUT2D eigenvalue weighted by molar-refractivity contribution is 0.277. The van der Waals surface area contributed by atoms with E-state index in [0.29, 0.717) is 39.3 Å². The van der Waals surface area contributed by atoms with E-state index in [9.17, 15) is 4.57 Å². The molecular weight excluding hydrogens is 401 g/mol. The Labute approximate surface area is 167 Å². The van der Waals surface area contributed by atoms with E-state index in [2.05, 4.69) is 4.98 Å². The van der Waals surface area contributed by atoms with E-state index in [-0.39, 0.29) is 11.5 Å². The fourth-order valence-corrected chi connectivity index (χ4v) is 3.39. The lowest BCUT2D eigenvalue weighted by Gasteiger charge is -2.16. The minimum absolute atomic E-state index is 0.0737. The van der Waals surface area contributed by atoms with Crippen LogP contribution in [-0.4, -0.2) is 43.2 Å². The van der Waals surface area contributed by atoms with Crippen LogP contribution in [0.3, 0.4) is 0 Å². The zero-order chi connectivity index (χ0) is 21.2. The van der Waals surface area contributed by atoms with E-state index < -0.39 is 7.82 Å². The van der Waals surface area contributed by atoms with E-state index in [4.69, 9.17) is 33.3 Å². The van der Waals surface area contributed by atoms with Gasteiger partial charge in [0, 0.05) is 17.1 Å². The number of phosphoric acid groups is 1. The van der Waals surface area contributed by atoms with Gasteiger partial charge in [0.1, 0.15) is 0 Å². The van der Waals surface area contributed by atoms with Gasteiger partial charge in [-0.15, -0.1) is 0 Å². The van der Waals surface area contributed by atoms with Crippen molar-refractivity contribution in [2.24, 2.45) is 0 Å². The molecule has 0 radical (unpaired) electrons. The second kappa shape index (κ2) is 8.16. The number of nitrogens with zero attached hydrogens (tertiary/aromatic N) is 1. The first kappa shape index (κ1) is 20.7. The van der Waals surface area contributed by atoms with Crippen LogP contribution in [0.25, 0.3) is 22.0 Å². The first-order valence-electron chi connectivity index (χ1n) is 8.33. The number of aromatic nitrogens is 1. The van der Waals surface area contributed by atoms with Crippen molar-refractivity contribution in [1.29, 1.82) is 0 Å². The minimum atomic E-state index is -4.75. The fraction of sp³-hybridized carbons (Fsp3) is 0.211. The molecule has 0 unspecified atom stereocenters. The molecule has 0 aliphatic carbocycles. The van der Waals surface area contributed by atoms with Crippen LogP contribution in [-0.2, 0) is 4.57 Å². The van der Waals surface area contributed by atoms with Gasteiger partial charge in [0.2, 0.25) is 5.75 Å². The molecule has 2 aromatic carbocycles. The summed E-state index contributed by atoms with van der Waals surface area (Å²) in [6, 6.07) is 8.30. The predicted octanol–water partition coefficient (Wildman–Crippen LogP) is 3.41. The van der Waals surface area contributed by atoms with E-state index >= 15 is 0 Å². The van der Waals surface area contributed by atoms with Crippen molar-refractivity contribution in [3.63, 3.8) is 0 Å². The summed E-state index contributed by atoms with van der Waals surface area (Å²) in [5.74, 6) is 1.47. The molecule has 9 nitrogen and oxygen atoms in total. The molecule has 3 aromatic rings. The predicted molar refractivity (Wildman–Crippen MR) is 106 cm³/mol. The molecule has 0 bridgehead atoms. The second-order valence-electron chi connectivity index (χ2n) is 5.88. The van der Waals surface area contributed by atoms with Crippen LogP contribution in [0.4, 0.5) is 0 Å². The number of ether oxygens (including phenoxy) is 4. The molecule has 0 aliphatic heterocycles. The number of methoxy groups -OCH3 is 4. The van der Waals surface area contributed by atoms with Crippen LogP contribution in [0, 0.1) is 0 Å². The molecule has 0 saturated carbocycles. The van der Waals surface area contributed by atoms with E-state index in [1.807, 2.05) is 0 Å². The van der Waals surface area contributed by atoms with Crippen LogP contribution in [0.5, 0.6) is 28.7 Å². The van der Waals surface area contributed by atoms with Crippen molar-refractivity contribution < 1.29 is 37.8 Å². The highest BCUT2D eigenvalue weighted by Gasteiger charge is 2.21. The first-order valence-corrected chi connectivity index (χ1v) is 9.86. The van der Waals surface area contributed by atoms with Crippen molar-refractivity contribution in [1.82, 2.24) is 4.98 Å². The van der Waals surface area contributed by atoms with Crippen LogP contribution in [0.1, 0.15) is 0 Å². The average Bonchev–Trinajstić information content (AvgIpc) is 2.70. The van der Waals surface area contributed by atoms with Crippen molar-refractivity contribution in [3.05, 3.63) is 36.5 Å². The highest BCUT2D eigenvalue weighted by atomic mass is 31.2. The smallest absolute Gasteiger partial charge is 0.493 e. The normalized spacial score (nSPS) is 11.2. The van der Waals surface area contributed by atoms with Crippen LogP contribution < -0.4 is 23.5 Å². The fourth-order valence-electron chi connectivity index (χ4n) is 2.99. The monoisotopic (exact) mass is 421 g/mol. The summed E-state index contributed by atoms with van der Waals surface area (Å²) in [4.78, 5) is 22.7. The van der Waals surface area contributed by atoms with Crippen LogP contribution in [0.15, 0.2) is 36.5 Å². The summed E-state index contributed by atoms with van der Waals surface area (Å²) in [6.45, 7) is 0. The summed E-state index contributed by atoms with van der Waals surface area (Å²) >= 11 is 0. The maximum atomic E-state index is 11.3. The summed E-state index contributed by atoms with van der Waals surface area (Å²) in [7, 11) is 1.19. The molecule has 1 heterocycles. The minimum Gasteiger partial charge on any atom is -0.493 e. The molecule has 1 aromatic heterocycles. The third-order valence-electron chi connectivity index (χ3n) is 4.20. The lowest BCUT2D eigenvalue weighted by Crippen LogP contribution is -1.97. The van der Waals surface area contributed by atoms with Crippen molar-refractivity contribution >= 4 is 18.6 Å². The van der Waals surface area contributed by atoms with Crippen LogP contribution >= 0.6 is 7.82 Å². The highest BCUT2D eigenvalue weighted by molar-refractivity contribution is 7.46. The van der Waals surface area contributed by atoms with Gasteiger partial charge in [-0.3, -0.25) is 14.8 Å². The van der Waals surface area contributed by atoms with Gasteiger partial charge in [0.15, 0.2) is 23.0 Å². The third kappa shape index (κ3) is 4.22. The van der Waals surface area contributed by atoms with Gasteiger partial charge in [-0.2, -0.15) is 0 Å². The average molecular weight is 421 g/mol. The number of fused-ring (bicyclic) bond motifs is 1. The molecular formula is C19H20NO8P. The van der Waals surface area contributed by atoms with Crippen LogP contribution in [0.2, 0.25) is 0 Å². The molecule has 3 rings (SSSR count). The number of phosphoric ester groups is 1. The Morgan fingerprint density at radius 1 is 0.828 bits per heavy atom. The zero-order valence-electron chi connectivity index (χ0n) is 16.2. The van der Waals surface area contributed by atoms with Crippen molar-refractivity contribution in [3.8, 4) is 40.0 Å². The Kier molecular flexibility index (Phi) is 5.83. The number of pyridine rings is 1. The van der Waals surface area contributed by atoms with Crippen molar-refractivity contribution in [2.45, 2.75) is 0 Å². The third-order valence-corrected chi connectivity index (χ3v) is 4.64. The first-order chi connectivity index (χ1) is 13.8. The van der Waals surface area contributed by atoms with Gasteiger partial charge >= 0.3 is 7.82 Å². The molecule has 10 heteroatoms. The quantitative estimate of drug-likeness (QED) is 0.554. The molecule has 0 saturated heterocycles. The maximum Gasteiger partial charge on any atom is 0.524 e. The van der Waals surface area contributed by atoms with Gasteiger partial charge in [-0.1, -0.05) is 0 Å². The zero-order valence-corrected chi connectivity index (χ0v) is 17.1. The Bertz CT molecular complexity index is 1070.